The van der Waals surface area contributed by atoms with Gasteiger partial charge in [0.25, 0.3) is 0 Å². The Morgan fingerprint density at radius 3 is 2.76 bits per heavy atom. The Balaban J connectivity index is 1.70. The second-order valence-corrected chi connectivity index (χ2v) is 7.27. The lowest BCUT2D eigenvalue weighted by molar-refractivity contribution is 0.203. The van der Waals surface area contributed by atoms with Gasteiger partial charge in [0.1, 0.15) is 0 Å². The molecule has 6 nitrogen and oxygen atoms in total. The summed E-state index contributed by atoms with van der Waals surface area (Å²) in [5.41, 5.74) is 2.07. The lowest BCUT2D eigenvalue weighted by atomic mass is 9.97. The van der Waals surface area contributed by atoms with Crippen LogP contribution in [0.2, 0.25) is 5.02 Å². The van der Waals surface area contributed by atoms with Gasteiger partial charge in [-0.1, -0.05) is 30.6 Å². The third-order valence-corrected chi connectivity index (χ3v) is 4.84. The Labute approximate surface area is 153 Å². The number of hydrogen-bond donors (Lipinski definition) is 2. The standard InChI is InChI=1S/C18H25ClN4O2/c1-12(2)18-21-17(25-22-18)10-20-15-9-14(19)3-4-16(15)23-7-5-13(11-24)6-8-23/h3-4,9,12-13,20,24H,5-8,10-11H2,1-2H3. The number of benzene rings is 1. The van der Waals surface area contributed by atoms with E-state index in [-0.39, 0.29) is 12.5 Å². The Hall–Kier alpha value is -1.79. The molecule has 0 aliphatic carbocycles. The number of halogens is 1. The third-order valence-electron chi connectivity index (χ3n) is 4.60. The van der Waals surface area contributed by atoms with Crippen molar-refractivity contribution in [1.82, 2.24) is 10.1 Å². The molecule has 25 heavy (non-hydrogen) atoms. The molecule has 2 aromatic rings. The van der Waals surface area contributed by atoms with Crippen LogP contribution in [0.5, 0.6) is 0 Å². The van der Waals surface area contributed by atoms with Gasteiger partial charge in [-0.3, -0.25) is 0 Å². The van der Waals surface area contributed by atoms with E-state index < -0.39 is 0 Å². The van der Waals surface area contributed by atoms with Crippen LogP contribution in [0.25, 0.3) is 0 Å². The largest absolute Gasteiger partial charge is 0.396 e. The molecule has 1 fully saturated rings. The molecular weight excluding hydrogens is 340 g/mol. The van der Waals surface area contributed by atoms with E-state index >= 15 is 0 Å². The van der Waals surface area contributed by atoms with E-state index in [2.05, 4.69) is 20.4 Å². The smallest absolute Gasteiger partial charge is 0.245 e. The van der Waals surface area contributed by atoms with Crippen LogP contribution in [-0.4, -0.2) is 34.9 Å². The van der Waals surface area contributed by atoms with Crippen LogP contribution in [0, 0.1) is 5.92 Å². The molecule has 136 valence electrons. The van der Waals surface area contributed by atoms with E-state index in [1.165, 1.54) is 0 Å². The van der Waals surface area contributed by atoms with Gasteiger partial charge in [-0.25, -0.2) is 0 Å². The highest BCUT2D eigenvalue weighted by atomic mass is 35.5. The first-order valence-electron chi connectivity index (χ1n) is 8.78. The topological polar surface area (TPSA) is 74.4 Å². The normalized spacial score (nSPS) is 15.8. The first-order valence-corrected chi connectivity index (χ1v) is 9.16. The zero-order chi connectivity index (χ0) is 17.8. The van der Waals surface area contributed by atoms with Crippen molar-refractivity contribution in [2.45, 2.75) is 39.2 Å². The second kappa shape index (κ2) is 8.06. The van der Waals surface area contributed by atoms with Crippen molar-refractivity contribution in [1.29, 1.82) is 0 Å². The van der Waals surface area contributed by atoms with Gasteiger partial charge in [-0.2, -0.15) is 4.98 Å². The molecule has 1 aliphatic heterocycles. The number of nitrogens with one attached hydrogen (secondary N) is 1. The van der Waals surface area contributed by atoms with E-state index in [4.69, 9.17) is 16.1 Å². The summed E-state index contributed by atoms with van der Waals surface area (Å²) in [7, 11) is 0. The van der Waals surface area contributed by atoms with Crippen molar-refractivity contribution in [2.75, 3.05) is 29.9 Å². The van der Waals surface area contributed by atoms with Crippen LogP contribution in [0.15, 0.2) is 22.7 Å². The molecule has 0 atom stereocenters. The summed E-state index contributed by atoms with van der Waals surface area (Å²) in [4.78, 5) is 6.73. The second-order valence-electron chi connectivity index (χ2n) is 6.83. The molecule has 1 aromatic heterocycles. The molecular formula is C18H25ClN4O2. The highest BCUT2D eigenvalue weighted by molar-refractivity contribution is 6.31. The predicted molar refractivity (Wildman–Crippen MR) is 99.2 cm³/mol. The lowest BCUT2D eigenvalue weighted by Gasteiger charge is -2.34. The molecule has 0 amide bonds. The van der Waals surface area contributed by atoms with Crippen molar-refractivity contribution in [3.8, 4) is 0 Å². The summed E-state index contributed by atoms with van der Waals surface area (Å²) < 4.78 is 5.29. The Bertz CT molecular complexity index is 696. The van der Waals surface area contributed by atoms with Crippen LogP contribution in [-0.2, 0) is 6.54 Å². The Morgan fingerprint density at radius 2 is 2.12 bits per heavy atom. The quantitative estimate of drug-likeness (QED) is 0.814. The van der Waals surface area contributed by atoms with E-state index in [1.54, 1.807) is 0 Å². The molecule has 3 rings (SSSR count). The molecule has 2 heterocycles. The molecule has 0 bridgehead atoms. The van der Waals surface area contributed by atoms with Crippen molar-refractivity contribution < 1.29 is 9.63 Å². The highest BCUT2D eigenvalue weighted by Gasteiger charge is 2.21. The van der Waals surface area contributed by atoms with Gasteiger partial charge in [0, 0.05) is 30.6 Å². The maximum Gasteiger partial charge on any atom is 0.245 e. The number of aliphatic hydroxyl groups excluding tert-OH is 1. The van der Waals surface area contributed by atoms with Gasteiger partial charge in [-0.05, 0) is 37.0 Å². The van der Waals surface area contributed by atoms with Crippen LogP contribution >= 0.6 is 11.6 Å². The predicted octanol–water partition coefficient (Wildman–Crippen LogP) is 3.67. The van der Waals surface area contributed by atoms with Crippen molar-refractivity contribution in [2.24, 2.45) is 5.92 Å². The van der Waals surface area contributed by atoms with Crippen LogP contribution in [0.3, 0.4) is 0 Å². The number of aliphatic hydroxyl groups is 1. The zero-order valence-corrected chi connectivity index (χ0v) is 15.5. The van der Waals surface area contributed by atoms with Gasteiger partial charge < -0.3 is 19.8 Å². The number of hydrogen-bond acceptors (Lipinski definition) is 6. The average molecular weight is 365 g/mol. The number of nitrogens with zero attached hydrogens (tertiary/aromatic N) is 3. The lowest BCUT2D eigenvalue weighted by Crippen LogP contribution is -2.35. The monoisotopic (exact) mass is 364 g/mol. The zero-order valence-electron chi connectivity index (χ0n) is 14.7. The maximum absolute atomic E-state index is 9.32. The summed E-state index contributed by atoms with van der Waals surface area (Å²) in [5, 5.41) is 17.4. The molecule has 0 saturated carbocycles. The molecule has 1 saturated heterocycles. The van der Waals surface area contributed by atoms with Gasteiger partial charge in [0.15, 0.2) is 5.82 Å². The fraction of sp³-hybridized carbons (Fsp3) is 0.556. The van der Waals surface area contributed by atoms with Crippen LogP contribution in [0.4, 0.5) is 11.4 Å². The van der Waals surface area contributed by atoms with E-state index in [0.29, 0.717) is 29.2 Å². The minimum Gasteiger partial charge on any atom is -0.396 e. The van der Waals surface area contributed by atoms with Crippen LogP contribution in [0.1, 0.15) is 44.3 Å². The summed E-state index contributed by atoms with van der Waals surface area (Å²) in [6.07, 6.45) is 2.00. The minimum atomic E-state index is 0.243. The molecule has 1 aromatic carbocycles. The number of anilines is 2. The van der Waals surface area contributed by atoms with Gasteiger partial charge in [0.05, 0.1) is 17.9 Å². The van der Waals surface area contributed by atoms with Crippen molar-refractivity contribution in [3.05, 3.63) is 34.9 Å². The molecule has 1 aliphatic rings. The highest BCUT2D eigenvalue weighted by Crippen LogP contribution is 2.32. The molecule has 0 unspecified atom stereocenters. The average Bonchev–Trinajstić information content (AvgIpc) is 3.09. The first kappa shape index (κ1) is 18.0. The summed E-state index contributed by atoms with van der Waals surface area (Å²) in [6, 6.07) is 5.87. The fourth-order valence-corrected chi connectivity index (χ4v) is 3.20. The Morgan fingerprint density at radius 1 is 1.36 bits per heavy atom. The van der Waals surface area contributed by atoms with Gasteiger partial charge in [-0.15, -0.1) is 0 Å². The maximum atomic E-state index is 9.32. The van der Waals surface area contributed by atoms with Gasteiger partial charge >= 0.3 is 0 Å². The summed E-state index contributed by atoms with van der Waals surface area (Å²) >= 11 is 6.19. The molecule has 7 heteroatoms. The number of rotatable bonds is 6. The molecule has 0 spiro atoms. The molecule has 2 N–H and O–H groups in total. The minimum absolute atomic E-state index is 0.243. The van der Waals surface area contributed by atoms with Crippen molar-refractivity contribution >= 4 is 23.0 Å². The van der Waals surface area contributed by atoms with Gasteiger partial charge in [0.2, 0.25) is 5.89 Å². The van der Waals surface area contributed by atoms with Crippen LogP contribution < -0.4 is 10.2 Å². The first-order chi connectivity index (χ1) is 12.1. The summed E-state index contributed by atoms with van der Waals surface area (Å²) in [5.74, 6) is 1.93. The van der Waals surface area contributed by atoms with E-state index in [0.717, 1.165) is 37.3 Å². The SMILES string of the molecule is CC(C)c1noc(CNc2cc(Cl)ccc2N2CCC(CO)CC2)n1. The third kappa shape index (κ3) is 4.44. The number of piperidine rings is 1. The fourth-order valence-electron chi connectivity index (χ4n) is 3.03. The molecule has 0 radical (unpaired) electrons. The van der Waals surface area contributed by atoms with E-state index in [1.807, 2.05) is 32.0 Å². The Kier molecular flexibility index (Phi) is 5.81. The van der Waals surface area contributed by atoms with Crippen molar-refractivity contribution in [3.63, 3.8) is 0 Å². The number of aromatic nitrogens is 2. The van der Waals surface area contributed by atoms with E-state index in [9.17, 15) is 5.11 Å². The summed E-state index contributed by atoms with van der Waals surface area (Å²) in [6.45, 7) is 6.66.